The van der Waals surface area contributed by atoms with Gasteiger partial charge in [0.1, 0.15) is 18.1 Å². The van der Waals surface area contributed by atoms with Crippen LogP contribution >= 0.6 is 0 Å². The van der Waals surface area contributed by atoms with Crippen LogP contribution in [0.3, 0.4) is 0 Å². The zero-order valence-electron chi connectivity index (χ0n) is 35.0. The molecule has 1 heterocycles. The van der Waals surface area contributed by atoms with E-state index in [1.165, 1.54) is 108 Å². The van der Waals surface area contributed by atoms with Gasteiger partial charge in [-0.15, -0.1) is 0 Å². The van der Waals surface area contributed by atoms with Crippen molar-refractivity contribution < 1.29 is 44.3 Å². The van der Waals surface area contributed by atoms with Crippen molar-refractivity contribution in [2.45, 2.75) is 231 Å². The van der Waals surface area contributed by atoms with Crippen LogP contribution in [0.5, 0.6) is 0 Å². The predicted molar refractivity (Wildman–Crippen MR) is 217 cm³/mol. The maximum atomic E-state index is 14.0. The Hall–Kier alpha value is -2.12. The highest BCUT2D eigenvalue weighted by Gasteiger charge is 2.59. The third kappa shape index (κ3) is 20.7. The van der Waals surface area contributed by atoms with Gasteiger partial charge in [-0.1, -0.05) is 162 Å². The number of aliphatic hydroxyl groups excluding tert-OH is 3. The summed E-state index contributed by atoms with van der Waals surface area (Å²) < 4.78 is 6.04. The van der Waals surface area contributed by atoms with Crippen molar-refractivity contribution in [1.82, 2.24) is 10.2 Å². The van der Waals surface area contributed by atoms with Crippen molar-refractivity contribution in [2.24, 2.45) is 11.7 Å². The van der Waals surface area contributed by atoms with Crippen LogP contribution in [-0.4, -0.2) is 92.2 Å². The van der Waals surface area contributed by atoms with Gasteiger partial charge in [-0.2, -0.15) is 0 Å². The number of ether oxygens (including phenoxy) is 1. The van der Waals surface area contributed by atoms with Gasteiger partial charge in [0, 0.05) is 19.4 Å². The number of carbonyl (C=O) groups is 4. The molecule has 6 atom stereocenters. The molecule has 55 heavy (non-hydrogen) atoms. The molecule has 322 valence electrons. The summed E-state index contributed by atoms with van der Waals surface area (Å²) in [5, 5.41) is 43.6. The average Bonchev–Trinajstić information content (AvgIpc) is 3.15. The SMILES string of the molecule is CCCCCCCCCCCCCCCCCCN(C(=O)CCCCCCCCCCC)[C@]1(N)O[C@H](CO)[C@@H](O)[C@H](O)[C@H]1C(=O)[C@H](C)NC(=O)CCC(=O)O. The Morgan fingerprint density at radius 3 is 1.49 bits per heavy atom. The molecule has 1 aliphatic heterocycles. The number of carboxylic acid groups (broad SMARTS) is 1. The molecule has 1 fully saturated rings. The fourth-order valence-corrected chi connectivity index (χ4v) is 7.70. The van der Waals surface area contributed by atoms with Crippen LogP contribution < -0.4 is 11.1 Å². The van der Waals surface area contributed by atoms with E-state index in [2.05, 4.69) is 19.2 Å². The third-order valence-electron chi connectivity index (χ3n) is 11.2. The lowest BCUT2D eigenvalue weighted by Crippen LogP contribution is -2.76. The van der Waals surface area contributed by atoms with Crippen molar-refractivity contribution in [2.75, 3.05) is 13.2 Å². The molecule has 0 aromatic heterocycles. The molecule has 1 saturated heterocycles. The molecule has 0 aromatic rings. The lowest BCUT2D eigenvalue weighted by atomic mass is 9.80. The lowest BCUT2D eigenvalue weighted by Gasteiger charge is -2.53. The van der Waals surface area contributed by atoms with Gasteiger partial charge < -0.3 is 35.4 Å². The summed E-state index contributed by atoms with van der Waals surface area (Å²) in [6.45, 7) is 5.26. The van der Waals surface area contributed by atoms with Crippen molar-refractivity contribution in [3.05, 3.63) is 0 Å². The third-order valence-corrected chi connectivity index (χ3v) is 11.2. The number of Topliss-reactive ketones (excluding diaryl/α,β-unsaturated/α-hetero) is 1. The second-order valence-electron chi connectivity index (χ2n) is 16.1. The van der Waals surface area contributed by atoms with Crippen molar-refractivity contribution in [1.29, 1.82) is 0 Å². The Bertz CT molecular complexity index is 1050. The monoisotopic (exact) mass is 784 g/mol. The number of aliphatic carboxylic acids is 1. The van der Waals surface area contributed by atoms with E-state index in [1.54, 1.807) is 0 Å². The van der Waals surface area contributed by atoms with Gasteiger partial charge in [-0.3, -0.25) is 24.9 Å². The maximum Gasteiger partial charge on any atom is 0.303 e. The van der Waals surface area contributed by atoms with E-state index in [0.717, 1.165) is 51.4 Å². The minimum Gasteiger partial charge on any atom is -0.481 e. The van der Waals surface area contributed by atoms with Gasteiger partial charge >= 0.3 is 5.97 Å². The van der Waals surface area contributed by atoms with Gasteiger partial charge in [0.2, 0.25) is 17.7 Å². The van der Waals surface area contributed by atoms with Gasteiger partial charge in [-0.25, -0.2) is 0 Å². The van der Waals surface area contributed by atoms with Crippen LogP contribution in [0, 0.1) is 5.92 Å². The number of carbonyl (C=O) groups excluding carboxylic acids is 3. The van der Waals surface area contributed by atoms with E-state index >= 15 is 0 Å². The molecule has 0 radical (unpaired) electrons. The highest BCUT2D eigenvalue weighted by atomic mass is 16.6. The zero-order valence-corrected chi connectivity index (χ0v) is 35.0. The number of aliphatic hydroxyl groups is 3. The number of carboxylic acids is 1. The van der Waals surface area contributed by atoms with E-state index < -0.39 is 66.8 Å². The summed E-state index contributed by atoms with van der Waals surface area (Å²) in [6.07, 6.45) is 23.2. The number of unbranched alkanes of at least 4 members (excludes halogenated alkanes) is 23. The number of nitrogens with zero attached hydrogens (tertiary/aromatic N) is 1. The summed E-state index contributed by atoms with van der Waals surface area (Å²) in [6, 6.07) is -1.24. The number of ketones is 1. The highest BCUT2D eigenvalue weighted by molar-refractivity contribution is 5.92. The first-order valence-electron chi connectivity index (χ1n) is 22.2. The number of amides is 2. The minimum atomic E-state index is -2.21. The molecule has 12 nitrogen and oxygen atoms in total. The molecular weight excluding hydrogens is 702 g/mol. The molecule has 2 amide bonds. The number of hydrogen-bond acceptors (Lipinski definition) is 9. The Morgan fingerprint density at radius 2 is 1.07 bits per heavy atom. The standard InChI is InChI=1S/C43H81N3O9/c1-4-6-8-10-12-14-15-16-17-18-19-20-22-24-26-28-32-46(37(49)29-27-25-23-21-13-11-9-7-5-2)43(44)39(42(54)41(53)35(33-47)55-43)40(52)34(3)45-36(48)30-31-38(50)51/h34-35,39,41-42,47,53-54H,4-33,44H2,1-3H3,(H,45,48)(H,50,51)/t34-,35+,39+,41+,42+,43-/m0/s1. The largest absolute Gasteiger partial charge is 0.481 e. The van der Waals surface area contributed by atoms with E-state index in [0.29, 0.717) is 12.8 Å². The molecule has 12 heteroatoms. The van der Waals surface area contributed by atoms with Gasteiger partial charge in [-0.05, 0) is 19.8 Å². The summed E-state index contributed by atoms with van der Waals surface area (Å²) in [5.74, 6) is -6.84. The Labute approximate surface area is 333 Å². The second kappa shape index (κ2) is 30.9. The molecule has 1 aliphatic rings. The van der Waals surface area contributed by atoms with Crippen molar-refractivity contribution in [3.63, 3.8) is 0 Å². The van der Waals surface area contributed by atoms with E-state index in [1.807, 2.05) is 0 Å². The first-order chi connectivity index (χ1) is 26.4. The molecule has 0 bridgehead atoms. The molecule has 0 aromatic carbocycles. The highest BCUT2D eigenvalue weighted by Crippen LogP contribution is 2.36. The molecule has 1 rings (SSSR count). The van der Waals surface area contributed by atoms with Crippen LogP contribution in [0.25, 0.3) is 0 Å². The molecular formula is C43H81N3O9. The van der Waals surface area contributed by atoms with Crippen molar-refractivity contribution in [3.8, 4) is 0 Å². The summed E-state index contributed by atoms with van der Waals surface area (Å²) in [7, 11) is 0. The fourth-order valence-electron chi connectivity index (χ4n) is 7.70. The topological polar surface area (TPSA) is 200 Å². The Balaban J connectivity index is 2.91. The van der Waals surface area contributed by atoms with Gasteiger partial charge in [0.15, 0.2) is 5.78 Å². The van der Waals surface area contributed by atoms with Crippen LogP contribution in [0.1, 0.15) is 201 Å². The van der Waals surface area contributed by atoms with Gasteiger partial charge in [0.05, 0.1) is 25.2 Å². The predicted octanol–water partition coefficient (Wildman–Crippen LogP) is 7.28. The van der Waals surface area contributed by atoms with Crippen molar-refractivity contribution >= 4 is 23.6 Å². The molecule has 0 aliphatic carbocycles. The number of nitrogens with one attached hydrogen (secondary N) is 1. The Kier molecular flexibility index (Phi) is 28.6. The number of hydrogen-bond donors (Lipinski definition) is 6. The Morgan fingerprint density at radius 1 is 0.655 bits per heavy atom. The minimum absolute atomic E-state index is 0.148. The first kappa shape index (κ1) is 50.9. The molecule has 0 saturated carbocycles. The quantitative estimate of drug-likeness (QED) is 0.0280. The number of rotatable bonds is 35. The summed E-state index contributed by atoms with van der Waals surface area (Å²) in [5.41, 5.74) is 6.90. The van der Waals surface area contributed by atoms with Crippen LogP contribution in [0.2, 0.25) is 0 Å². The molecule has 7 N–H and O–H groups in total. The average molecular weight is 784 g/mol. The van der Waals surface area contributed by atoms with Crippen LogP contribution in [-0.2, 0) is 23.9 Å². The summed E-state index contributed by atoms with van der Waals surface area (Å²) >= 11 is 0. The van der Waals surface area contributed by atoms with E-state index in [9.17, 15) is 34.5 Å². The molecule has 0 unspecified atom stereocenters. The van der Waals surface area contributed by atoms with Crippen LogP contribution in [0.4, 0.5) is 0 Å². The lowest BCUT2D eigenvalue weighted by molar-refractivity contribution is -0.291. The maximum absolute atomic E-state index is 14.0. The smallest absolute Gasteiger partial charge is 0.303 e. The summed E-state index contributed by atoms with van der Waals surface area (Å²) in [4.78, 5) is 52.7. The van der Waals surface area contributed by atoms with E-state index in [4.69, 9.17) is 15.6 Å². The normalized spacial score (nSPS) is 21.7. The van der Waals surface area contributed by atoms with E-state index in [-0.39, 0.29) is 25.3 Å². The number of nitrogens with two attached hydrogens (primary N) is 1. The molecule has 0 spiro atoms. The van der Waals surface area contributed by atoms with Crippen LogP contribution in [0.15, 0.2) is 0 Å². The second-order valence-corrected chi connectivity index (χ2v) is 16.1. The first-order valence-corrected chi connectivity index (χ1v) is 22.2. The van der Waals surface area contributed by atoms with Gasteiger partial charge in [0.25, 0.3) is 0 Å². The zero-order chi connectivity index (χ0) is 40.9. The fraction of sp³-hybridized carbons (Fsp3) is 0.907.